The highest BCUT2D eigenvalue weighted by Crippen LogP contribution is 2.31. The van der Waals surface area contributed by atoms with Crippen LogP contribution in [0.25, 0.3) is 0 Å². The van der Waals surface area contributed by atoms with Gasteiger partial charge in [-0.2, -0.15) is 0 Å². The molecule has 0 radical (unpaired) electrons. The molecule has 10 N–H and O–H groups in total. The molecule has 0 bridgehead atoms. The van der Waals surface area contributed by atoms with Crippen LogP contribution in [0.3, 0.4) is 0 Å². The quantitative estimate of drug-likeness (QED) is 0.0472. The van der Waals surface area contributed by atoms with Crippen LogP contribution in [0.1, 0.15) is 51.9 Å². The summed E-state index contributed by atoms with van der Waals surface area (Å²) in [6.45, 7) is -0.770. The Morgan fingerprint density at radius 3 is 1.80 bits per heavy atom. The monoisotopic (exact) mass is 715 g/mol. The second-order valence-corrected chi connectivity index (χ2v) is 12.4. The van der Waals surface area contributed by atoms with Gasteiger partial charge in [-0.05, 0) is 12.8 Å². The van der Waals surface area contributed by atoms with Gasteiger partial charge in [-0.15, -0.1) is 0 Å². The molecule has 3 saturated heterocycles. The van der Waals surface area contributed by atoms with E-state index in [1.54, 1.807) is 0 Å². The van der Waals surface area contributed by atoms with Crippen molar-refractivity contribution in [3.05, 3.63) is 0 Å². The van der Waals surface area contributed by atoms with Gasteiger partial charge in [0.1, 0.15) is 73.2 Å². The number of carbonyl (C=O) groups excluding carboxylic acids is 2. The third-order valence-electron chi connectivity index (χ3n) is 8.74. The van der Waals surface area contributed by atoms with Gasteiger partial charge in [0.25, 0.3) is 0 Å². The number of hydrogen-bond acceptors (Lipinski definition) is 18. The lowest BCUT2D eigenvalue weighted by atomic mass is 9.95. The smallest absolute Gasteiger partial charge is 0.305 e. The Kier molecular flexibility index (Phi) is 17.4. The summed E-state index contributed by atoms with van der Waals surface area (Å²) in [5.41, 5.74) is 0. The van der Waals surface area contributed by atoms with Crippen LogP contribution in [0.2, 0.25) is 0 Å². The number of aliphatic hydroxyl groups excluding tert-OH is 9. The fourth-order valence-corrected chi connectivity index (χ4v) is 5.84. The molecule has 0 aromatic heterocycles. The van der Waals surface area contributed by atoms with Crippen molar-refractivity contribution in [2.45, 2.75) is 144 Å². The van der Waals surface area contributed by atoms with E-state index < -0.39 is 118 Å². The van der Waals surface area contributed by atoms with Crippen molar-refractivity contribution in [2.75, 3.05) is 33.5 Å². The molecule has 0 saturated carbocycles. The number of ether oxygens (including phenoxy) is 7. The number of esters is 1. The first-order chi connectivity index (χ1) is 23.3. The van der Waals surface area contributed by atoms with E-state index in [1.807, 2.05) is 0 Å². The second kappa shape index (κ2) is 20.4. The number of amides is 1. The van der Waals surface area contributed by atoms with E-state index in [0.29, 0.717) is 12.8 Å². The molecule has 0 spiro atoms. The van der Waals surface area contributed by atoms with Gasteiger partial charge in [-0.3, -0.25) is 9.59 Å². The average molecular weight is 716 g/mol. The third kappa shape index (κ3) is 11.4. The Hall–Kier alpha value is -1.66. The number of aliphatic hydroxyl groups is 9. The van der Waals surface area contributed by atoms with Crippen molar-refractivity contribution >= 4 is 11.9 Å². The van der Waals surface area contributed by atoms with E-state index in [-0.39, 0.29) is 12.6 Å². The largest absolute Gasteiger partial charge is 0.469 e. The minimum absolute atomic E-state index is 0.163. The van der Waals surface area contributed by atoms with Gasteiger partial charge in [0.15, 0.2) is 18.9 Å². The summed E-state index contributed by atoms with van der Waals surface area (Å²) in [4.78, 5) is 23.0. The Labute approximate surface area is 283 Å². The summed E-state index contributed by atoms with van der Waals surface area (Å²) in [6, 6.07) is -1.42. The minimum atomic E-state index is -1.82. The van der Waals surface area contributed by atoms with Gasteiger partial charge < -0.3 is 84.4 Å². The van der Waals surface area contributed by atoms with Gasteiger partial charge >= 0.3 is 5.97 Å². The topological polar surface area (TPSA) is 293 Å². The van der Waals surface area contributed by atoms with Crippen LogP contribution in [0, 0.1) is 0 Å². The molecule has 0 aromatic rings. The summed E-state index contributed by atoms with van der Waals surface area (Å²) < 4.78 is 38.7. The van der Waals surface area contributed by atoms with Crippen molar-refractivity contribution < 1.29 is 88.7 Å². The molecular weight excluding hydrogens is 662 g/mol. The van der Waals surface area contributed by atoms with Crippen LogP contribution in [-0.2, 0) is 42.7 Å². The molecule has 286 valence electrons. The molecule has 3 heterocycles. The molecule has 3 fully saturated rings. The highest BCUT2D eigenvalue weighted by Gasteiger charge is 2.52. The molecule has 3 aliphatic rings. The van der Waals surface area contributed by atoms with Crippen LogP contribution in [0.5, 0.6) is 0 Å². The van der Waals surface area contributed by atoms with Crippen LogP contribution < -0.4 is 5.32 Å². The normalized spacial score (nSPS) is 39.8. The number of nitrogens with one attached hydrogen (secondary N) is 1. The van der Waals surface area contributed by atoms with Crippen molar-refractivity contribution in [1.82, 2.24) is 5.32 Å². The van der Waals surface area contributed by atoms with Gasteiger partial charge in [-0.1, -0.05) is 25.7 Å². The summed E-state index contributed by atoms with van der Waals surface area (Å²) in [5.74, 6) is -0.886. The lowest BCUT2D eigenvalue weighted by Gasteiger charge is -2.47. The molecule has 19 nitrogen and oxygen atoms in total. The molecule has 1 amide bonds. The predicted molar refractivity (Wildman–Crippen MR) is 161 cm³/mol. The first-order valence-corrected chi connectivity index (χ1v) is 16.5. The maximum absolute atomic E-state index is 11.8. The molecule has 3 rings (SSSR count). The van der Waals surface area contributed by atoms with Crippen molar-refractivity contribution in [3.8, 4) is 0 Å². The Bertz CT molecular complexity index is 995. The van der Waals surface area contributed by atoms with Crippen LogP contribution in [-0.4, -0.2) is 183 Å². The summed E-state index contributed by atoms with van der Waals surface area (Å²) >= 11 is 0. The van der Waals surface area contributed by atoms with Gasteiger partial charge in [0.2, 0.25) is 5.91 Å². The SMILES string of the molecule is COC(=O)CCCCCCCCOC1O[C@H](COC2O[C@H](CO)[C@@H](O)[C@H](O)[C@@H]2OC2O[C@H](CO)[C@@H](O)[C@H](O)[C@H]2NC(C)=O)[C@@H](O)[C@H](O)[C@@H]1O. The predicted octanol–water partition coefficient (Wildman–Crippen LogP) is -4.50. The zero-order valence-corrected chi connectivity index (χ0v) is 27.6. The zero-order valence-electron chi connectivity index (χ0n) is 27.6. The number of unbranched alkanes of at least 4 members (excludes halogenated alkanes) is 5. The van der Waals surface area contributed by atoms with Gasteiger partial charge in [0.05, 0.1) is 26.9 Å². The number of carbonyl (C=O) groups is 2. The van der Waals surface area contributed by atoms with Crippen LogP contribution >= 0.6 is 0 Å². The summed E-state index contributed by atoms with van der Waals surface area (Å²) in [6.07, 6.45) is -16.9. The zero-order chi connectivity index (χ0) is 36.2. The minimum Gasteiger partial charge on any atom is -0.469 e. The Balaban J connectivity index is 1.61. The molecule has 3 unspecified atom stereocenters. The maximum Gasteiger partial charge on any atom is 0.305 e. The molecule has 3 aliphatic heterocycles. The van der Waals surface area contributed by atoms with E-state index in [0.717, 1.165) is 39.0 Å². The lowest BCUT2D eigenvalue weighted by molar-refractivity contribution is -0.363. The second-order valence-electron chi connectivity index (χ2n) is 12.4. The van der Waals surface area contributed by atoms with E-state index in [2.05, 4.69) is 10.1 Å². The Morgan fingerprint density at radius 1 is 0.633 bits per heavy atom. The van der Waals surface area contributed by atoms with Gasteiger partial charge in [-0.25, -0.2) is 0 Å². The van der Waals surface area contributed by atoms with Crippen molar-refractivity contribution in [2.24, 2.45) is 0 Å². The summed E-state index contributed by atoms with van der Waals surface area (Å²) in [7, 11) is 1.35. The summed E-state index contributed by atoms with van der Waals surface area (Å²) in [5, 5.41) is 95.8. The number of hydrogen-bond donors (Lipinski definition) is 10. The fourth-order valence-electron chi connectivity index (χ4n) is 5.84. The van der Waals surface area contributed by atoms with Crippen molar-refractivity contribution in [1.29, 1.82) is 0 Å². The first kappa shape index (κ1) is 41.8. The molecule has 0 aliphatic carbocycles. The Morgan fingerprint density at radius 2 is 1.18 bits per heavy atom. The van der Waals surface area contributed by atoms with E-state index in [4.69, 9.17) is 28.4 Å². The molecule has 49 heavy (non-hydrogen) atoms. The van der Waals surface area contributed by atoms with E-state index in [9.17, 15) is 55.5 Å². The molecule has 19 heteroatoms. The molecule has 0 aromatic carbocycles. The highest BCUT2D eigenvalue weighted by molar-refractivity contribution is 5.73. The van der Waals surface area contributed by atoms with Gasteiger partial charge in [0, 0.05) is 20.0 Å². The fraction of sp³-hybridized carbons (Fsp3) is 0.933. The highest BCUT2D eigenvalue weighted by atomic mass is 16.8. The molecular formula is C30H53NO18. The lowest BCUT2D eigenvalue weighted by Crippen LogP contribution is -2.67. The van der Waals surface area contributed by atoms with Crippen molar-refractivity contribution in [3.63, 3.8) is 0 Å². The average Bonchev–Trinajstić information content (AvgIpc) is 3.08. The third-order valence-corrected chi connectivity index (χ3v) is 8.74. The molecule has 15 atom stereocenters. The van der Waals surface area contributed by atoms with E-state index >= 15 is 0 Å². The van der Waals surface area contributed by atoms with E-state index in [1.165, 1.54) is 7.11 Å². The standard InChI is InChI=1S/C30H53NO18/c1-14(34)31-19-23(39)20(36)15(11-32)46-28(19)49-27-25(41)21(37)16(12-33)47-30(27)45-13-17-22(38)24(40)26(42)29(48-17)44-10-8-6-4-3-5-7-9-18(35)43-2/h15-17,19-30,32-33,36-42H,3-13H2,1-2H3,(H,31,34)/t15-,16-,17-,19-,20-,21-,22-,23-,24+,25+,26+,27+,28?,29?,30?/m1/s1. The van der Waals surface area contributed by atoms with Crippen LogP contribution in [0.15, 0.2) is 0 Å². The first-order valence-electron chi connectivity index (χ1n) is 16.5. The number of rotatable bonds is 18. The maximum atomic E-state index is 11.8. The van der Waals surface area contributed by atoms with Crippen LogP contribution in [0.4, 0.5) is 0 Å². The number of methoxy groups -OCH3 is 1.